The van der Waals surface area contributed by atoms with E-state index >= 15 is 0 Å². The van der Waals surface area contributed by atoms with E-state index in [4.69, 9.17) is 0 Å². The van der Waals surface area contributed by atoms with E-state index < -0.39 is 0 Å². The van der Waals surface area contributed by atoms with Crippen molar-refractivity contribution < 1.29 is 0 Å². The summed E-state index contributed by atoms with van der Waals surface area (Å²) in [6, 6.07) is 32.9. The molecular weight excluding hydrogens is 412 g/mol. The van der Waals surface area contributed by atoms with Crippen LogP contribution in [-0.2, 0) is 0 Å². The fourth-order valence-corrected chi connectivity index (χ4v) is 5.28. The molecule has 0 N–H and O–H groups in total. The molecule has 2 heteroatoms. The zero-order valence-corrected chi connectivity index (χ0v) is 19.7. The van der Waals surface area contributed by atoms with Crippen LogP contribution in [0.5, 0.6) is 0 Å². The highest BCUT2D eigenvalue weighted by atomic mass is 15.0. The second-order valence-corrected chi connectivity index (χ2v) is 8.80. The van der Waals surface area contributed by atoms with Crippen LogP contribution < -0.4 is 0 Å². The smallest absolute Gasteiger partial charge is 0.0788 e. The zero-order chi connectivity index (χ0) is 23.1. The third-order valence-corrected chi connectivity index (χ3v) is 6.78. The van der Waals surface area contributed by atoms with Gasteiger partial charge in [0.15, 0.2) is 0 Å². The first-order valence-corrected chi connectivity index (χ1v) is 12.2. The number of hydrogen-bond donors (Lipinski definition) is 0. The highest BCUT2D eigenvalue weighted by Gasteiger charge is 2.20. The van der Waals surface area contributed by atoms with Gasteiger partial charge in [0.25, 0.3) is 0 Å². The van der Waals surface area contributed by atoms with Gasteiger partial charge in [0.05, 0.1) is 22.1 Å². The summed E-state index contributed by atoms with van der Waals surface area (Å²) in [5, 5.41) is 5.13. The number of aromatic nitrogens is 2. The zero-order valence-electron chi connectivity index (χ0n) is 19.7. The van der Waals surface area contributed by atoms with E-state index in [0.29, 0.717) is 0 Å². The summed E-state index contributed by atoms with van der Waals surface area (Å²) in [5.74, 6) is 0. The van der Waals surface area contributed by atoms with Crippen molar-refractivity contribution in [1.29, 1.82) is 0 Å². The van der Waals surface area contributed by atoms with Gasteiger partial charge in [-0.3, -0.25) is 0 Å². The quantitative estimate of drug-likeness (QED) is 0.237. The molecule has 6 rings (SSSR count). The number of fused-ring (bicyclic) bond motifs is 7. The van der Waals surface area contributed by atoms with Crippen molar-refractivity contribution in [3.05, 3.63) is 109 Å². The Kier molecular flexibility index (Phi) is 5.07. The summed E-state index contributed by atoms with van der Waals surface area (Å²) in [5.41, 5.74) is 7.37. The van der Waals surface area contributed by atoms with Crippen molar-refractivity contribution in [3.63, 3.8) is 0 Å². The van der Waals surface area contributed by atoms with Crippen molar-refractivity contribution in [1.82, 2.24) is 9.13 Å². The molecule has 4 aromatic carbocycles. The number of rotatable bonds is 5. The van der Waals surface area contributed by atoms with E-state index in [-0.39, 0.29) is 0 Å². The molecule has 0 unspecified atom stereocenters. The summed E-state index contributed by atoms with van der Waals surface area (Å²) in [6.07, 6.45) is 9.03. The van der Waals surface area contributed by atoms with Crippen LogP contribution in [0.1, 0.15) is 26.7 Å². The maximum Gasteiger partial charge on any atom is 0.0788 e. The molecule has 0 saturated heterocycles. The molecule has 2 nitrogen and oxygen atoms in total. The Morgan fingerprint density at radius 2 is 1.29 bits per heavy atom. The highest BCUT2D eigenvalue weighted by Crippen LogP contribution is 2.41. The average molecular weight is 441 g/mol. The van der Waals surface area contributed by atoms with Crippen LogP contribution in [-0.4, -0.2) is 9.13 Å². The van der Waals surface area contributed by atoms with Crippen LogP contribution in [0.4, 0.5) is 0 Å². The molecule has 0 spiro atoms. The molecule has 0 atom stereocenters. The lowest BCUT2D eigenvalue weighted by molar-refractivity contribution is 0.958. The predicted molar refractivity (Wildman–Crippen MR) is 148 cm³/mol. The normalized spacial score (nSPS) is 12.7. The summed E-state index contributed by atoms with van der Waals surface area (Å²) in [4.78, 5) is 0. The molecule has 0 aliphatic rings. The highest BCUT2D eigenvalue weighted by molar-refractivity contribution is 6.24. The third kappa shape index (κ3) is 3.03. The Bertz CT molecular complexity index is 1710. The first-order chi connectivity index (χ1) is 16.8. The SMILES string of the molecule is C/C=C(\C=C/CCC)n1c2ccccc2c2ccc3c4ccccc4n(-c4ccccc4)c3c21. The molecule has 0 saturated carbocycles. The lowest BCUT2D eigenvalue weighted by atomic mass is 10.1. The lowest BCUT2D eigenvalue weighted by Crippen LogP contribution is -1.99. The number of hydrogen-bond acceptors (Lipinski definition) is 0. The van der Waals surface area contributed by atoms with Gasteiger partial charge in [-0.05, 0) is 43.7 Å². The molecule has 0 aliphatic heterocycles. The molecular formula is C32H28N2. The third-order valence-electron chi connectivity index (χ3n) is 6.78. The van der Waals surface area contributed by atoms with Gasteiger partial charge in [0, 0.05) is 32.9 Å². The fourth-order valence-electron chi connectivity index (χ4n) is 5.28. The van der Waals surface area contributed by atoms with Crippen LogP contribution in [0.25, 0.3) is 55.0 Å². The van der Waals surface area contributed by atoms with E-state index in [1.54, 1.807) is 0 Å². The minimum absolute atomic E-state index is 1.08. The second kappa shape index (κ2) is 8.39. The standard InChI is InChI=1S/C32H28N2/c1-3-5-7-14-23(4-2)33-29-19-12-10-17-25(29)27-21-22-28-26-18-11-13-20-30(26)34(32(28)31(27)33)24-15-8-6-9-16-24/h4,6-22H,3,5H2,1-2H3/b14-7-,23-4+. The van der Waals surface area contributed by atoms with Crippen LogP contribution in [0.15, 0.2) is 109 Å². The Labute approximate surface area is 200 Å². The Morgan fingerprint density at radius 1 is 0.676 bits per heavy atom. The van der Waals surface area contributed by atoms with Crippen molar-refractivity contribution >= 4 is 49.3 Å². The molecule has 6 aromatic rings. The monoisotopic (exact) mass is 440 g/mol. The molecule has 2 aromatic heterocycles. The molecule has 0 aliphatic carbocycles. The topological polar surface area (TPSA) is 9.86 Å². The van der Waals surface area contributed by atoms with Crippen LogP contribution in [0.3, 0.4) is 0 Å². The van der Waals surface area contributed by atoms with E-state index in [1.807, 2.05) is 0 Å². The van der Waals surface area contributed by atoms with Gasteiger partial charge in [0.1, 0.15) is 0 Å². The van der Waals surface area contributed by atoms with Crippen molar-refractivity contribution in [3.8, 4) is 5.69 Å². The number of para-hydroxylation sites is 3. The van der Waals surface area contributed by atoms with Gasteiger partial charge in [-0.2, -0.15) is 0 Å². The maximum atomic E-state index is 2.46. The summed E-state index contributed by atoms with van der Waals surface area (Å²) in [7, 11) is 0. The average Bonchev–Trinajstić information content (AvgIpc) is 3.40. The summed E-state index contributed by atoms with van der Waals surface area (Å²) >= 11 is 0. The Balaban J connectivity index is 1.86. The second-order valence-electron chi connectivity index (χ2n) is 8.80. The van der Waals surface area contributed by atoms with E-state index in [9.17, 15) is 0 Å². The van der Waals surface area contributed by atoms with Gasteiger partial charge in [0.2, 0.25) is 0 Å². The van der Waals surface area contributed by atoms with E-state index in [0.717, 1.165) is 12.8 Å². The van der Waals surface area contributed by atoms with Gasteiger partial charge in [-0.25, -0.2) is 0 Å². The molecule has 0 radical (unpaired) electrons. The lowest BCUT2D eigenvalue weighted by Gasteiger charge is -2.13. The molecule has 2 heterocycles. The number of benzene rings is 4. The first-order valence-electron chi connectivity index (χ1n) is 12.2. The van der Waals surface area contributed by atoms with Crippen LogP contribution in [0.2, 0.25) is 0 Å². The van der Waals surface area contributed by atoms with E-state index in [1.165, 1.54) is 55.0 Å². The van der Waals surface area contributed by atoms with Gasteiger partial charge >= 0.3 is 0 Å². The maximum absolute atomic E-state index is 2.46. The van der Waals surface area contributed by atoms with Crippen LogP contribution >= 0.6 is 0 Å². The van der Waals surface area contributed by atoms with Gasteiger partial charge in [-0.15, -0.1) is 0 Å². The molecule has 0 fully saturated rings. The van der Waals surface area contributed by atoms with Crippen molar-refractivity contribution in [2.75, 3.05) is 0 Å². The molecule has 34 heavy (non-hydrogen) atoms. The first kappa shape index (κ1) is 20.6. The molecule has 0 amide bonds. The number of nitrogens with zero attached hydrogens (tertiary/aromatic N) is 2. The minimum atomic E-state index is 1.08. The minimum Gasteiger partial charge on any atom is -0.308 e. The fraction of sp³-hybridized carbons (Fsp3) is 0.125. The van der Waals surface area contributed by atoms with Crippen molar-refractivity contribution in [2.45, 2.75) is 26.7 Å². The summed E-state index contributed by atoms with van der Waals surface area (Å²) in [6.45, 7) is 4.36. The van der Waals surface area contributed by atoms with Crippen molar-refractivity contribution in [2.24, 2.45) is 0 Å². The largest absolute Gasteiger partial charge is 0.308 e. The number of unbranched alkanes of at least 4 members (excludes halogenated alkanes) is 1. The molecule has 166 valence electrons. The van der Waals surface area contributed by atoms with E-state index in [2.05, 4.69) is 132 Å². The van der Waals surface area contributed by atoms with Gasteiger partial charge < -0.3 is 9.13 Å². The van der Waals surface area contributed by atoms with Crippen LogP contribution in [0, 0.1) is 0 Å². The van der Waals surface area contributed by atoms with Gasteiger partial charge in [-0.1, -0.05) is 92.2 Å². The number of allylic oxidation sites excluding steroid dienone is 4. The summed E-state index contributed by atoms with van der Waals surface area (Å²) < 4.78 is 4.89. The molecule has 0 bridgehead atoms. The predicted octanol–water partition coefficient (Wildman–Crippen LogP) is 9.11. The Morgan fingerprint density at radius 3 is 2.00 bits per heavy atom. The Hall–Kier alpha value is -4.04.